The van der Waals surface area contributed by atoms with E-state index in [0.717, 1.165) is 11.1 Å². The summed E-state index contributed by atoms with van der Waals surface area (Å²) < 4.78 is 29.6. The third-order valence-corrected chi connectivity index (χ3v) is 2.41. The highest BCUT2D eigenvalue weighted by molar-refractivity contribution is 5.26. The van der Waals surface area contributed by atoms with Gasteiger partial charge in [-0.05, 0) is 18.1 Å². The second-order valence-corrected chi connectivity index (χ2v) is 3.71. The minimum Gasteiger partial charge on any atom is -0.380 e. The van der Waals surface area contributed by atoms with E-state index in [1.165, 1.54) is 6.92 Å². The molecule has 0 bridgehead atoms. The van der Waals surface area contributed by atoms with Gasteiger partial charge in [0, 0.05) is 13.7 Å². The summed E-state index contributed by atoms with van der Waals surface area (Å²) in [7, 11) is 1.62. The highest BCUT2D eigenvalue weighted by atomic mass is 19.3. The molecule has 0 saturated heterocycles. The quantitative estimate of drug-likeness (QED) is 0.809. The fraction of sp³-hybridized carbons (Fsp3) is 0.500. The van der Waals surface area contributed by atoms with Gasteiger partial charge in [-0.1, -0.05) is 24.3 Å². The first-order chi connectivity index (χ1) is 7.65. The van der Waals surface area contributed by atoms with Gasteiger partial charge in [0.2, 0.25) is 0 Å². The minimum absolute atomic E-state index is 0.436. The van der Waals surface area contributed by atoms with E-state index in [2.05, 4.69) is 5.32 Å². The molecule has 0 saturated carbocycles. The van der Waals surface area contributed by atoms with Crippen LogP contribution in [0.5, 0.6) is 0 Å². The highest BCUT2D eigenvalue weighted by Gasteiger charge is 2.13. The van der Waals surface area contributed by atoms with Gasteiger partial charge in [0.15, 0.2) is 0 Å². The van der Waals surface area contributed by atoms with Crippen LogP contribution in [0.4, 0.5) is 8.78 Å². The van der Waals surface area contributed by atoms with Crippen LogP contribution in [-0.4, -0.2) is 19.6 Å². The standard InChI is InChI=1S/C12H17F2NO/c1-9(12(13)14)15-7-10-5-3-4-6-11(10)8-16-2/h3-6,9,12,15H,7-8H2,1-2H3. The topological polar surface area (TPSA) is 21.3 Å². The fourth-order valence-corrected chi connectivity index (χ4v) is 1.39. The number of nitrogens with one attached hydrogen (secondary N) is 1. The number of halogens is 2. The highest BCUT2D eigenvalue weighted by Crippen LogP contribution is 2.10. The average molecular weight is 229 g/mol. The van der Waals surface area contributed by atoms with Crippen molar-refractivity contribution in [3.05, 3.63) is 35.4 Å². The fourth-order valence-electron chi connectivity index (χ4n) is 1.39. The Kier molecular flexibility index (Phi) is 5.35. The molecule has 1 aromatic rings. The molecular weight excluding hydrogens is 212 g/mol. The summed E-state index contributed by atoms with van der Waals surface area (Å²) >= 11 is 0. The molecule has 0 amide bonds. The Morgan fingerprint density at radius 1 is 1.25 bits per heavy atom. The number of methoxy groups -OCH3 is 1. The largest absolute Gasteiger partial charge is 0.380 e. The Morgan fingerprint density at radius 3 is 2.44 bits per heavy atom. The predicted octanol–water partition coefficient (Wildman–Crippen LogP) is 2.58. The van der Waals surface area contributed by atoms with E-state index in [-0.39, 0.29) is 0 Å². The van der Waals surface area contributed by atoms with E-state index >= 15 is 0 Å². The Morgan fingerprint density at radius 2 is 1.88 bits per heavy atom. The summed E-state index contributed by atoms with van der Waals surface area (Å²) in [6.07, 6.45) is -2.34. The van der Waals surface area contributed by atoms with Gasteiger partial charge in [-0.25, -0.2) is 8.78 Å². The number of benzene rings is 1. The van der Waals surface area contributed by atoms with Crippen LogP contribution in [0.25, 0.3) is 0 Å². The summed E-state index contributed by atoms with van der Waals surface area (Å²) in [6.45, 7) is 2.41. The van der Waals surface area contributed by atoms with Crippen LogP contribution < -0.4 is 5.32 Å². The molecule has 90 valence electrons. The zero-order chi connectivity index (χ0) is 12.0. The van der Waals surface area contributed by atoms with Crippen molar-refractivity contribution in [2.24, 2.45) is 0 Å². The Balaban J connectivity index is 2.58. The van der Waals surface area contributed by atoms with Gasteiger partial charge < -0.3 is 10.1 Å². The van der Waals surface area contributed by atoms with E-state index in [0.29, 0.717) is 13.2 Å². The second kappa shape index (κ2) is 6.55. The Bertz CT molecular complexity index is 318. The van der Waals surface area contributed by atoms with Crippen LogP contribution in [0.2, 0.25) is 0 Å². The lowest BCUT2D eigenvalue weighted by molar-refractivity contribution is 0.105. The van der Waals surface area contributed by atoms with Gasteiger partial charge >= 0.3 is 0 Å². The summed E-state index contributed by atoms with van der Waals surface area (Å²) in [5.74, 6) is 0. The monoisotopic (exact) mass is 229 g/mol. The lowest BCUT2D eigenvalue weighted by Gasteiger charge is -2.14. The first-order valence-electron chi connectivity index (χ1n) is 5.22. The number of rotatable bonds is 6. The number of alkyl halides is 2. The van der Waals surface area contributed by atoms with E-state index in [4.69, 9.17) is 4.74 Å². The lowest BCUT2D eigenvalue weighted by Crippen LogP contribution is -2.32. The van der Waals surface area contributed by atoms with E-state index in [1.54, 1.807) is 7.11 Å². The number of hydrogen-bond acceptors (Lipinski definition) is 2. The second-order valence-electron chi connectivity index (χ2n) is 3.71. The van der Waals surface area contributed by atoms with Crippen molar-refractivity contribution in [2.75, 3.05) is 7.11 Å². The molecule has 0 aliphatic heterocycles. The zero-order valence-electron chi connectivity index (χ0n) is 9.54. The normalized spacial score (nSPS) is 13.1. The van der Waals surface area contributed by atoms with Gasteiger partial charge in [0.05, 0.1) is 12.6 Å². The molecule has 1 rings (SSSR count). The maximum absolute atomic E-state index is 12.3. The SMILES string of the molecule is COCc1ccccc1CNC(C)C(F)F. The number of ether oxygens (including phenoxy) is 1. The molecule has 2 nitrogen and oxygen atoms in total. The molecule has 1 N–H and O–H groups in total. The summed E-state index contributed by atoms with van der Waals surface area (Å²) in [5, 5.41) is 2.79. The third-order valence-electron chi connectivity index (χ3n) is 2.41. The van der Waals surface area contributed by atoms with Crippen molar-refractivity contribution < 1.29 is 13.5 Å². The van der Waals surface area contributed by atoms with Crippen molar-refractivity contribution in [1.29, 1.82) is 0 Å². The molecule has 0 fully saturated rings. The van der Waals surface area contributed by atoms with E-state index in [1.807, 2.05) is 24.3 Å². The minimum atomic E-state index is -2.34. The van der Waals surface area contributed by atoms with Gasteiger partial charge in [-0.15, -0.1) is 0 Å². The molecule has 0 aromatic heterocycles. The van der Waals surface area contributed by atoms with Crippen LogP contribution >= 0.6 is 0 Å². The van der Waals surface area contributed by atoms with Crippen molar-refractivity contribution in [3.63, 3.8) is 0 Å². The molecular formula is C12H17F2NO. The average Bonchev–Trinajstić information content (AvgIpc) is 2.27. The number of hydrogen-bond donors (Lipinski definition) is 1. The maximum atomic E-state index is 12.3. The molecule has 1 unspecified atom stereocenters. The molecule has 0 heterocycles. The summed E-state index contributed by atoms with van der Waals surface area (Å²) in [6, 6.07) is 6.86. The van der Waals surface area contributed by atoms with Crippen molar-refractivity contribution in [3.8, 4) is 0 Å². The molecule has 0 radical (unpaired) electrons. The van der Waals surface area contributed by atoms with Crippen LogP contribution in [0.1, 0.15) is 18.1 Å². The van der Waals surface area contributed by atoms with Crippen molar-refractivity contribution in [1.82, 2.24) is 5.32 Å². The van der Waals surface area contributed by atoms with Gasteiger partial charge in [0.25, 0.3) is 6.43 Å². The molecule has 16 heavy (non-hydrogen) atoms. The van der Waals surface area contributed by atoms with E-state index < -0.39 is 12.5 Å². The maximum Gasteiger partial charge on any atom is 0.253 e. The molecule has 1 atom stereocenters. The van der Waals surface area contributed by atoms with Crippen LogP contribution in [0.15, 0.2) is 24.3 Å². The van der Waals surface area contributed by atoms with Crippen molar-refractivity contribution >= 4 is 0 Å². The van der Waals surface area contributed by atoms with Gasteiger partial charge in [0.1, 0.15) is 0 Å². The van der Waals surface area contributed by atoms with Crippen LogP contribution in [0.3, 0.4) is 0 Å². The smallest absolute Gasteiger partial charge is 0.253 e. The molecule has 4 heteroatoms. The van der Waals surface area contributed by atoms with Crippen LogP contribution in [-0.2, 0) is 17.9 Å². The first-order valence-corrected chi connectivity index (χ1v) is 5.22. The Labute approximate surface area is 94.6 Å². The third kappa shape index (κ3) is 3.87. The van der Waals surface area contributed by atoms with Gasteiger partial charge in [-0.2, -0.15) is 0 Å². The molecule has 0 aliphatic rings. The molecule has 0 aliphatic carbocycles. The summed E-state index contributed by atoms with van der Waals surface area (Å²) in [5.41, 5.74) is 2.02. The van der Waals surface area contributed by atoms with Gasteiger partial charge in [-0.3, -0.25) is 0 Å². The van der Waals surface area contributed by atoms with Crippen LogP contribution in [0, 0.1) is 0 Å². The Hall–Kier alpha value is -1.00. The predicted molar refractivity (Wildman–Crippen MR) is 59.5 cm³/mol. The van der Waals surface area contributed by atoms with E-state index in [9.17, 15) is 8.78 Å². The summed E-state index contributed by atoms with van der Waals surface area (Å²) in [4.78, 5) is 0. The molecule has 0 spiro atoms. The molecule has 1 aromatic carbocycles. The first kappa shape index (κ1) is 13.1. The lowest BCUT2D eigenvalue weighted by atomic mass is 10.1. The zero-order valence-corrected chi connectivity index (χ0v) is 9.54. The van der Waals surface area contributed by atoms with Crippen molar-refractivity contribution in [2.45, 2.75) is 32.5 Å².